The second-order valence-corrected chi connectivity index (χ2v) is 4.16. The molecule has 1 unspecified atom stereocenters. The van der Waals surface area contributed by atoms with Crippen molar-refractivity contribution in [3.05, 3.63) is 0 Å². The zero-order valence-corrected chi connectivity index (χ0v) is 10.7. The van der Waals surface area contributed by atoms with Gasteiger partial charge in [-0.3, -0.25) is 9.59 Å². The normalized spacial score (nSPS) is 12.5. The fourth-order valence-corrected chi connectivity index (χ4v) is 1.42. The molecule has 0 aliphatic heterocycles. The van der Waals surface area contributed by atoms with Crippen LogP contribution in [0.3, 0.4) is 0 Å². The van der Waals surface area contributed by atoms with Crippen molar-refractivity contribution in [2.24, 2.45) is 5.73 Å². The van der Waals surface area contributed by atoms with E-state index >= 15 is 0 Å². The van der Waals surface area contributed by atoms with Gasteiger partial charge < -0.3 is 20.5 Å². The summed E-state index contributed by atoms with van der Waals surface area (Å²) < 4.78 is 4.86. The van der Waals surface area contributed by atoms with E-state index in [2.05, 4.69) is 0 Å². The van der Waals surface area contributed by atoms with Crippen LogP contribution in [-0.4, -0.2) is 54.2 Å². The summed E-state index contributed by atoms with van der Waals surface area (Å²) >= 11 is 0. The molecule has 0 saturated heterocycles. The number of ether oxygens (including phenoxy) is 1. The third-order valence-electron chi connectivity index (χ3n) is 2.42. The highest BCUT2D eigenvalue weighted by atomic mass is 16.5. The van der Waals surface area contributed by atoms with Gasteiger partial charge in [0.2, 0.25) is 5.91 Å². The van der Waals surface area contributed by atoms with Gasteiger partial charge in [0, 0.05) is 26.3 Å². The van der Waals surface area contributed by atoms with Crippen LogP contribution in [0.2, 0.25) is 0 Å². The fraction of sp³-hybridized carbons (Fsp3) is 0.818. The van der Waals surface area contributed by atoms with Crippen molar-refractivity contribution in [1.82, 2.24) is 4.90 Å². The van der Waals surface area contributed by atoms with Crippen LogP contribution in [0.5, 0.6) is 0 Å². The standard InChI is InChI=1S/C11H22N2O4/c1-8(2)13(6-4-10(14)15)11(16)9(12)5-7-17-3/h8-9H,4-7,12H2,1-3H3,(H,14,15). The second-order valence-electron chi connectivity index (χ2n) is 4.16. The van der Waals surface area contributed by atoms with Gasteiger partial charge in [-0.1, -0.05) is 0 Å². The molecule has 17 heavy (non-hydrogen) atoms. The van der Waals surface area contributed by atoms with Gasteiger partial charge >= 0.3 is 5.97 Å². The topological polar surface area (TPSA) is 92.9 Å². The summed E-state index contributed by atoms with van der Waals surface area (Å²) in [6.07, 6.45) is 0.368. The van der Waals surface area contributed by atoms with Gasteiger partial charge in [-0.2, -0.15) is 0 Å². The summed E-state index contributed by atoms with van der Waals surface area (Å²) in [6.45, 7) is 4.27. The van der Waals surface area contributed by atoms with Crippen molar-refractivity contribution < 1.29 is 19.4 Å². The highest BCUT2D eigenvalue weighted by Gasteiger charge is 2.23. The van der Waals surface area contributed by atoms with Crippen LogP contribution < -0.4 is 5.73 Å². The molecule has 0 aliphatic rings. The first kappa shape index (κ1) is 15.9. The number of carboxylic acids is 1. The van der Waals surface area contributed by atoms with E-state index in [0.717, 1.165) is 0 Å². The van der Waals surface area contributed by atoms with Gasteiger partial charge in [0.05, 0.1) is 12.5 Å². The maximum atomic E-state index is 12.0. The average Bonchev–Trinajstić information content (AvgIpc) is 2.24. The monoisotopic (exact) mass is 246 g/mol. The Kier molecular flexibility index (Phi) is 7.49. The Morgan fingerprint density at radius 3 is 2.41 bits per heavy atom. The Balaban J connectivity index is 4.37. The maximum absolute atomic E-state index is 12.0. The van der Waals surface area contributed by atoms with E-state index in [4.69, 9.17) is 15.6 Å². The van der Waals surface area contributed by atoms with Gasteiger partial charge in [0.1, 0.15) is 0 Å². The Morgan fingerprint density at radius 1 is 1.41 bits per heavy atom. The molecule has 0 bridgehead atoms. The van der Waals surface area contributed by atoms with Crippen molar-refractivity contribution in [2.45, 2.75) is 38.8 Å². The molecular weight excluding hydrogens is 224 g/mol. The minimum atomic E-state index is -0.922. The molecular formula is C11H22N2O4. The molecule has 6 heteroatoms. The molecule has 0 saturated carbocycles. The van der Waals surface area contributed by atoms with Gasteiger partial charge in [0.25, 0.3) is 0 Å². The lowest BCUT2D eigenvalue weighted by atomic mass is 10.1. The first-order chi connectivity index (χ1) is 7.90. The summed E-state index contributed by atoms with van der Waals surface area (Å²) in [7, 11) is 1.54. The third-order valence-corrected chi connectivity index (χ3v) is 2.42. The van der Waals surface area contributed by atoms with Crippen molar-refractivity contribution >= 4 is 11.9 Å². The molecule has 3 N–H and O–H groups in total. The zero-order valence-electron chi connectivity index (χ0n) is 10.7. The summed E-state index contributed by atoms with van der Waals surface area (Å²) in [5, 5.41) is 8.62. The van der Waals surface area contributed by atoms with E-state index in [1.807, 2.05) is 13.8 Å². The molecule has 0 heterocycles. The van der Waals surface area contributed by atoms with Crippen LogP contribution in [0, 0.1) is 0 Å². The second kappa shape index (κ2) is 8.03. The van der Waals surface area contributed by atoms with Crippen LogP contribution in [-0.2, 0) is 14.3 Å². The van der Waals surface area contributed by atoms with Gasteiger partial charge in [-0.25, -0.2) is 0 Å². The highest BCUT2D eigenvalue weighted by Crippen LogP contribution is 2.05. The minimum absolute atomic E-state index is 0.0598. The highest BCUT2D eigenvalue weighted by molar-refractivity contribution is 5.82. The third kappa shape index (κ3) is 6.23. The van der Waals surface area contributed by atoms with Gasteiger partial charge in [-0.05, 0) is 20.3 Å². The number of nitrogens with zero attached hydrogens (tertiary/aromatic N) is 1. The van der Waals surface area contributed by atoms with Crippen molar-refractivity contribution in [3.63, 3.8) is 0 Å². The Labute approximate surface area is 102 Å². The molecule has 1 amide bonds. The number of hydrogen-bond acceptors (Lipinski definition) is 4. The lowest BCUT2D eigenvalue weighted by molar-refractivity contribution is -0.139. The molecule has 0 aromatic carbocycles. The van der Waals surface area contributed by atoms with Gasteiger partial charge in [0.15, 0.2) is 0 Å². The summed E-state index contributed by atoms with van der Waals surface area (Å²) in [5.41, 5.74) is 5.73. The number of carbonyl (C=O) groups excluding carboxylic acids is 1. The fourth-order valence-electron chi connectivity index (χ4n) is 1.42. The first-order valence-corrected chi connectivity index (χ1v) is 5.67. The molecule has 0 aromatic heterocycles. The lowest BCUT2D eigenvalue weighted by Crippen LogP contribution is -2.48. The zero-order chi connectivity index (χ0) is 13.4. The van der Waals surface area contributed by atoms with E-state index in [1.165, 1.54) is 4.90 Å². The SMILES string of the molecule is COCCC(N)C(=O)N(CCC(=O)O)C(C)C. The molecule has 100 valence electrons. The largest absolute Gasteiger partial charge is 0.481 e. The number of carbonyl (C=O) groups is 2. The van der Waals surface area contributed by atoms with Crippen molar-refractivity contribution in [3.8, 4) is 0 Å². The number of aliphatic carboxylic acids is 1. The molecule has 0 rings (SSSR count). The van der Waals surface area contributed by atoms with E-state index < -0.39 is 12.0 Å². The number of carboxylic acid groups (broad SMARTS) is 1. The van der Waals surface area contributed by atoms with E-state index in [0.29, 0.717) is 13.0 Å². The molecule has 0 aliphatic carbocycles. The predicted octanol–water partition coefficient (Wildman–Crippen LogP) is 0.0619. The smallest absolute Gasteiger partial charge is 0.305 e. The molecule has 0 spiro atoms. The predicted molar refractivity (Wildman–Crippen MR) is 63.6 cm³/mol. The number of methoxy groups -OCH3 is 1. The quantitative estimate of drug-likeness (QED) is 0.632. The number of amides is 1. The summed E-state index contributed by atoms with van der Waals surface area (Å²) in [6, 6.07) is -0.693. The molecule has 1 atom stereocenters. The molecule has 0 fully saturated rings. The van der Waals surface area contributed by atoms with Crippen LogP contribution in [0.1, 0.15) is 26.7 Å². The van der Waals surface area contributed by atoms with Crippen molar-refractivity contribution in [2.75, 3.05) is 20.3 Å². The van der Waals surface area contributed by atoms with Crippen LogP contribution in [0.15, 0.2) is 0 Å². The van der Waals surface area contributed by atoms with Crippen LogP contribution in [0.25, 0.3) is 0 Å². The summed E-state index contributed by atoms with van der Waals surface area (Å²) in [4.78, 5) is 24.0. The maximum Gasteiger partial charge on any atom is 0.305 e. The average molecular weight is 246 g/mol. The lowest BCUT2D eigenvalue weighted by Gasteiger charge is -2.28. The minimum Gasteiger partial charge on any atom is -0.481 e. The van der Waals surface area contributed by atoms with Crippen molar-refractivity contribution in [1.29, 1.82) is 0 Å². The van der Waals surface area contributed by atoms with Gasteiger partial charge in [-0.15, -0.1) is 0 Å². The molecule has 6 nitrogen and oxygen atoms in total. The molecule has 0 aromatic rings. The first-order valence-electron chi connectivity index (χ1n) is 5.67. The van der Waals surface area contributed by atoms with Crippen LogP contribution in [0.4, 0.5) is 0 Å². The molecule has 0 radical (unpaired) electrons. The number of nitrogens with two attached hydrogens (primary N) is 1. The Bertz CT molecular complexity index is 256. The van der Waals surface area contributed by atoms with E-state index in [-0.39, 0.29) is 24.9 Å². The number of hydrogen-bond donors (Lipinski definition) is 2. The number of rotatable bonds is 8. The Morgan fingerprint density at radius 2 is 2.00 bits per heavy atom. The van der Waals surface area contributed by atoms with E-state index in [1.54, 1.807) is 7.11 Å². The summed E-state index contributed by atoms with van der Waals surface area (Å²) in [5.74, 6) is -1.15. The van der Waals surface area contributed by atoms with Crippen LogP contribution >= 0.6 is 0 Å². The Hall–Kier alpha value is -1.14. The van der Waals surface area contributed by atoms with E-state index in [9.17, 15) is 9.59 Å².